The number of benzene rings is 1. The van der Waals surface area contributed by atoms with Gasteiger partial charge < -0.3 is 20.5 Å². The Hall–Kier alpha value is -3.19. The Bertz CT molecular complexity index is 1050. The number of hydrogen-bond donors (Lipinski definition) is 3. The van der Waals surface area contributed by atoms with Crippen LogP contribution in [0.15, 0.2) is 60.8 Å². The smallest absolute Gasteiger partial charge is 0.226 e. The number of rotatable bonds is 6. The maximum atomic E-state index is 12.6. The Morgan fingerprint density at radius 3 is 2.63 bits per heavy atom. The van der Waals surface area contributed by atoms with Crippen LogP contribution in [0.2, 0.25) is 0 Å². The Labute approximate surface area is 181 Å². The van der Waals surface area contributed by atoms with E-state index >= 15 is 0 Å². The SMILES string of the molecule is Cc1ccc([C@H]2[C@H](c3ccccn3)NC(=S)N2CCC(=O)Nc2ccccc2C)[nH]1. The standard InChI is InChI=1S/C23H25N5OS/c1-15-7-3-4-8-17(15)26-20(29)12-14-28-22(19-11-10-16(2)25-19)21(27-23(28)30)18-9-5-6-13-24-18/h3-11,13,21-22,25H,12,14H2,1-2H3,(H,26,29)(H,27,30)/t21-,22-/m0/s1. The average Bonchev–Trinajstić information content (AvgIpc) is 3.31. The van der Waals surface area contributed by atoms with E-state index in [1.165, 1.54) is 0 Å². The zero-order chi connectivity index (χ0) is 21.1. The molecule has 6 nitrogen and oxygen atoms in total. The summed E-state index contributed by atoms with van der Waals surface area (Å²) >= 11 is 5.65. The highest BCUT2D eigenvalue weighted by molar-refractivity contribution is 7.80. The molecule has 30 heavy (non-hydrogen) atoms. The molecule has 2 atom stereocenters. The van der Waals surface area contributed by atoms with Crippen LogP contribution >= 0.6 is 12.2 Å². The van der Waals surface area contributed by atoms with Gasteiger partial charge in [-0.05, 0) is 62.0 Å². The Kier molecular flexibility index (Phi) is 5.81. The van der Waals surface area contributed by atoms with Crippen molar-refractivity contribution < 1.29 is 4.79 Å². The largest absolute Gasteiger partial charge is 0.361 e. The molecule has 154 valence electrons. The fourth-order valence-corrected chi connectivity index (χ4v) is 4.16. The number of pyridine rings is 1. The molecule has 1 amide bonds. The lowest BCUT2D eigenvalue weighted by Crippen LogP contribution is -2.32. The van der Waals surface area contributed by atoms with Gasteiger partial charge in [0.05, 0.1) is 17.8 Å². The van der Waals surface area contributed by atoms with Gasteiger partial charge in [0.15, 0.2) is 5.11 Å². The number of thiocarbonyl (C=S) groups is 1. The molecule has 3 aromatic rings. The van der Waals surface area contributed by atoms with Gasteiger partial charge >= 0.3 is 0 Å². The Morgan fingerprint density at radius 1 is 1.13 bits per heavy atom. The monoisotopic (exact) mass is 419 g/mol. The zero-order valence-corrected chi connectivity index (χ0v) is 17.9. The van der Waals surface area contributed by atoms with Crippen molar-refractivity contribution >= 4 is 28.9 Å². The molecule has 1 aliphatic heterocycles. The highest BCUT2D eigenvalue weighted by Crippen LogP contribution is 2.38. The molecule has 1 saturated heterocycles. The Balaban J connectivity index is 1.52. The van der Waals surface area contributed by atoms with Crippen molar-refractivity contribution in [1.82, 2.24) is 20.2 Å². The molecule has 3 heterocycles. The van der Waals surface area contributed by atoms with Gasteiger partial charge in [-0.2, -0.15) is 0 Å². The van der Waals surface area contributed by atoms with Crippen LogP contribution in [-0.4, -0.2) is 32.4 Å². The normalized spacial score (nSPS) is 18.3. The van der Waals surface area contributed by atoms with Gasteiger partial charge in [-0.1, -0.05) is 24.3 Å². The van der Waals surface area contributed by atoms with Crippen LogP contribution in [0.4, 0.5) is 5.69 Å². The van der Waals surface area contributed by atoms with Crippen LogP contribution in [0.5, 0.6) is 0 Å². The van der Waals surface area contributed by atoms with Crippen molar-refractivity contribution in [3.8, 4) is 0 Å². The molecule has 1 aromatic carbocycles. The van der Waals surface area contributed by atoms with Gasteiger partial charge in [0.25, 0.3) is 0 Å². The quantitative estimate of drug-likeness (QED) is 0.526. The molecule has 1 aliphatic rings. The molecule has 0 spiro atoms. The number of nitrogens with zero attached hydrogens (tertiary/aromatic N) is 2. The molecule has 0 unspecified atom stereocenters. The first-order chi connectivity index (χ1) is 14.5. The number of aromatic amines is 1. The minimum absolute atomic E-state index is 0.0326. The molecule has 2 aromatic heterocycles. The fraction of sp³-hybridized carbons (Fsp3) is 0.261. The number of anilines is 1. The number of carbonyl (C=O) groups is 1. The van der Waals surface area contributed by atoms with Crippen molar-refractivity contribution in [2.24, 2.45) is 0 Å². The lowest BCUT2D eigenvalue weighted by molar-refractivity contribution is -0.116. The maximum Gasteiger partial charge on any atom is 0.226 e. The maximum absolute atomic E-state index is 12.6. The first kappa shape index (κ1) is 20.1. The van der Waals surface area contributed by atoms with E-state index in [1.807, 2.05) is 56.3 Å². The summed E-state index contributed by atoms with van der Waals surface area (Å²) in [6, 6.07) is 17.6. The van der Waals surface area contributed by atoms with E-state index in [4.69, 9.17) is 12.2 Å². The number of nitrogens with one attached hydrogen (secondary N) is 3. The van der Waals surface area contributed by atoms with E-state index in [0.717, 1.165) is 28.3 Å². The number of carbonyl (C=O) groups excluding carboxylic acids is 1. The van der Waals surface area contributed by atoms with Gasteiger partial charge in [0.2, 0.25) is 5.91 Å². The third-order valence-corrected chi connectivity index (χ3v) is 5.72. The topological polar surface area (TPSA) is 73.1 Å². The predicted molar refractivity (Wildman–Crippen MR) is 122 cm³/mol. The Morgan fingerprint density at radius 2 is 1.93 bits per heavy atom. The molecule has 1 fully saturated rings. The molecule has 0 aliphatic carbocycles. The zero-order valence-electron chi connectivity index (χ0n) is 17.1. The summed E-state index contributed by atoms with van der Waals surface area (Å²) in [4.78, 5) is 22.7. The summed E-state index contributed by atoms with van der Waals surface area (Å²) in [5.74, 6) is -0.0326. The number of aromatic nitrogens is 2. The summed E-state index contributed by atoms with van der Waals surface area (Å²) in [6.45, 7) is 4.52. The van der Waals surface area contributed by atoms with E-state index < -0.39 is 0 Å². The van der Waals surface area contributed by atoms with Crippen LogP contribution in [0.3, 0.4) is 0 Å². The minimum atomic E-state index is -0.0869. The molecule has 0 radical (unpaired) electrons. The number of para-hydroxylation sites is 1. The second-order valence-electron chi connectivity index (χ2n) is 7.53. The number of amides is 1. The molecule has 7 heteroatoms. The van der Waals surface area contributed by atoms with Gasteiger partial charge in [0.1, 0.15) is 0 Å². The van der Waals surface area contributed by atoms with E-state index in [0.29, 0.717) is 18.1 Å². The van der Waals surface area contributed by atoms with Gasteiger partial charge in [-0.15, -0.1) is 0 Å². The van der Waals surface area contributed by atoms with Gasteiger partial charge in [-0.25, -0.2) is 0 Å². The average molecular weight is 420 g/mol. The van der Waals surface area contributed by atoms with Crippen LogP contribution in [-0.2, 0) is 4.79 Å². The third-order valence-electron chi connectivity index (χ3n) is 5.37. The van der Waals surface area contributed by atoms with Crippen molar-refractivity contribution in [3.63, 3.8) is 0 Å². The van der Waals surface area contributed by atoms with Crippen LogP contribution < -0.4 is 10.6 Å². The summed E-state index contributed by atoms with van der Waals surface area (Å²) in [6.07, 6.45) is 2.12. The fourth-order valence-electron chi connectivity index (χ4n) is 3.83. The molecular weight excluding hydrogens is 394 g/mol. The van der Waals surface area contributed by atoms with E-state index in [9.17, 15) is 4.79 Å². The first-order valence-electron chi connectivity index (χ1n) is 10.0. The van der Waals surface area contributed by atoms with Crippen molar-refractivity contribution in [2.75, 3.05) is 11.9 Å². The van der Waals surface area contributed by atoms with Gasteiger partial charge in [0, 0.05) is 36.2 Å². The van der Waals surface area contributed by atoms with Crippen molar-refractivity contribution in [1.29, 1.82) is 0 Å². The van der Waals surface area contributed by atoms with E-state index in [1.54, 1.807) is 6.20 Å². The third kappa shape index (κ3) is 4.21. The lowest BCUT2D eigenvalue weighted by atomic mass is 10.0. The summed E-state index contributed by atoms with van der Waals surface area (Å²) in [5.41, 5.74) is 4.94. The highest BCUT2D eigenvalue weighted by atomic mass is 32.1. The first-order valence-corrected chi connectivity index (χ1v) is 10.4. The summed E-state index contributed by atoms with van der Waals surface area (Å²) in [7, 11) is 0. The van der Waals surface area contributed by atoms with Gasteiger partial charge in [-0.3, -0.25) is 9.78 Å². The summed E-state index contributed by atoms with van der Waals surface area (Å²) in [5, 5.41) is 7.04. The number of hydrogen-bond acceptors (Lipinski definition) is 3. The molecule has 0 bridgehead atoms. The molecular formula is C23H25N5OS. The second kappa shape index (κ2) is 8.67. The molecule has 3 N–H and O–H groups in total. The van der Waals surface area contributed by atoms with Crippen molar-refractivity contribution in [3.05, 3.63) is 83.4 Å². The van der Waals surface area contributed by atoms with E-state index in [2.05, 4.69) is 37.6 Å². The number of H-pyrrole nitrogens is 1. The second-order valence-corrected chi connectivity index (χ2v) is 7.92. The van der Waals surface area contributed by atoms with E-state index in [-0.39, 0.29) is 18.0 Å². The van der Waals surface area contributed by atoms with Crippen LogP contribution in [0.1, 0.15) is 41.1 Å². The number of aryl methyl sites for hydroxylation is 2. The highest BCUT2D eigenvalue weighted by Gasteiger charge is 2.40. The van der Waals surface area contributed by atoms with Crippen LogP contribution in [0, 0.1) is 13.8 Å². The summed E-state index contributed by atoms with van der Waals surface area (Å²) < 4.78 is 0. The van der Waals surface area contributed by atoms with Crippen LogP contribution in [0.25, 0.3) is 0 Å². The minimum Gasteiger partial charge on any atom is -0.361 e. The van der Waals surface area contributed by atoms with Crippen molar-refractivity contribution in [2.45, 2.75) is 32.4 Å². The molecule has 4 rings (SSSR count). The molecule has 0 saturated carbocycles. The lowest BCUT2D eigenvalue weighted by Gasteiger charge is -2.26. The predicted octanol–water partition coefficient (Wildman–Crippen LogP) is 4.03.